The van der Waals surface area contributed by atoms with Crippen LogP contribution in [0, 0.1) is 0 Å². The molecule has 1 aromatic heterocycles. The first kappa shape index (κ1) is 25.3. The van der Waals surface area contributed by atoms with E-state index in [9.17, 15) is 18.0 Å². The summed E-state index contributed by atoms with van der Waals surface area (Å²) in [5.74, 6) is -1.75. The summed E-state index contributed by atoms with van der Waals surface area (Å²) in [6.07, 6.45) is -3.03. The summed E-state index contributed by atoms with van der Waals surface area (Å²) in [7, 11) is 1.69. The number of carbonyl (C=O) groups is 2. The van der Waals surface area contributed by atoms with E-state index in [0.717, 1.165) is 31.1 Å². The molecule has 1 amide bonds. The molecule has 0 saturated carbocycles. The molecule has 0 aliphatic carbocycles. The number of amides is 1. The average Bonchev–Trinajstić information content (AvgIpc) is 3.50. The number of nitrogens with zero attached hydrogens (tertiary/aromatic N) is 3. The molecule has 2 aromatic carbocycles. The topological polar surface area (TPSA) is 75.0 Å². The van der Waals surface area contributed by atoms with Crippen LogP contribution in [-0.2, 0) is 17.9 Å². The van der Waals surface area contributed by atoms with Gasteiger partial charge in [0, 0.05) is 32.4 Å². The third kappa shape index (κ3) is 5.54. The number of aliphatic carboxylic acids is 1. The highest BCUT2D eigenvalue weighted by molar-refractivity contribution is 5.94. The molecule has 2 aliphatic heterocycles. The van der Waals surface area contributed by atoms with Gasteiger partial charge in [-0.1, -0.05) is 42.5 Å². The van der Waals surface area contributed by atoms with Crippen LogP contribution >= 0.6 is 0 Å². The van der Waals surface area contributed by atoms with Gasteiger partial charge >= 0.3 is 12.1 Å². The van der Waals surface area contributed by atoms with E-state index in [0.29, 0.717) is 12.6 Å². The van der Waals surface area contributed by atoms with E-state index in [2.05, 4.69) is 44.8 Å². The second-order valence-electron chi connectivity index (χ2n) is 8.70. The SMILES string of the molecule is COc1ccc(CN2CC3C(C2)n2cccc2C(=O)N3Cc2ccccc2)cc1.O=C(O)C(F)(F)F. The molecule has 190 valence electrons. The van der Waals surface area contributed by atoms with Crippen LogP contribution in [0.3, 0.4) is 0 Å². The molecule has 1 N–H and O–H groups in total. The lowest BCUT2D eigenvalue weighted by atomic mass is 10.0. The number of aromatic nitrogens is 1. The normalized spacial score (nSPS) is 19.2. The number of rotatable bonds is 5. The third-order valence-electron chi connectivity index (χ3n) is 6.35. The average molecular weight is 502 g/mol. The van der Waals surface area contributed by atoms with Gasteiger partial charge < -0.3 is 19.3 Å². The summed E-state index contributed by atoms with van der Waals surface area (Å²) < 4.78 is 39.2. The van der Waals surface area contributed by atoms with Crippen LogP contribution in [-0.4, -0.2) is 63.8 Å². The fourth-order valence-corrected chi connectivity index (χ4v) is 4.68. The molecular formula is C26H26F3N3O4. The van der Waals surface area contributed by atoms with Gasteiger partial charge in [-0.2, -0.15) is 13.2 Å². The van der Waals surface area contributed by atoms with Crippen LogP contribution in [0.2, 0.25) is 0 Å². The van der Waals surface area contributed by atoms with Crippen molar-refractivity contribution in [2.24, 2.45) is 0 Å². The van der Waals surface area contributed by atoms with Crippen molar-refractivity contribution in [3.05, 3.63) is 89.7 Å². The Labute approximate surface area is 206 Å². The van der Waals surface area contributed by atoms with Crippen LogP contribution in [0.15, 0.2) is 72.9 Å². The summed E-state index contributed by atoms with van der Waals surface area (Å²) in [4.78, 5) is 26.7. The molecular weight excluding hydrogens is 475 g/mol. The predicted octanol–water partition coefficient (Wildman–Crippen LogP) is 4.21. The largest absolute Gasteiger partial charge is 0.497 e. The minimum Gasteiger partial charge on any atom is -0.497 e. The number of hydrogen-bond acceptors (Lipinski definition) is 4. The molecule has 2 atom stereocenters. The van der Waals surface area contributed by atoms with Crippen molar-refractivity contribution in [2.45, 2.75) is 31.3 Å². The van der Waals surface area contributed by atoms with Gasteiger partial charge in [0.05, 0.1) is 19.2 Å². The van der Waals surface area contributed by atoms with Crippen LogP contribution in [0.4, 0.5) is 13.2 Å². The van der Waals surface area contributed by atoms with E-state index in [-0.39, 0.29) is 11.9 Å². The number of fused-ring (bicyclic) bond motifs is 3. The predicted molar refractivity (Wildman–Crippen MR) is 126 cm³/mol. The molecule has 3 heterocycles. The van der Waals surface area contributed by atoms with E-state index in [1.54, 1.807) is 7.11 Å². The zero-order valence-corrected chi connectivity index (χ0v) is 19.6. The van der Waals surface area contributed by atoms with E-state index < -0.39 is 12.1 Å². The summed E-state index contributed by atoms with van der Waals surface area (Å²) in [5.41, 5.74) is 3.24. The van der Waals surface area contributed by atoms with Gasteiger partial charge in [-0.3, -0.25) is 9.69 Å². The fourth-order valence-electron chi connectivity index (χ4n) is 4.68. The molecule has 0 bridgehead atoms. The van der Waals surface area contributed by atoms with Crippen molar-refractivity contribution < 1.29 is 32.6 Å². The van der Waals surface area contributed by atoms with Gasteiger partial charge in [0.25, 0.3) is 5.91 Å². The molecule has 2 unspecified atom stereocenters. The van der Waals surface area contributed by atoms with Crippen LogP contribution in [0.5, 0.6) is 5.75 Å². The van der Waals surface area contributed by atoms with Gasteiger partial charge in [0.2, 0.25) is 0 Å². The van der Waals surface area contributed by atoms with Gasteiger partial charge in [-0.15, -0.1) is 0 Å². The second-order valence-corrected chi connectivity index (χ2v) is 8.70. The van der Waals surface area contributed by atoms with Crippen molar-refractivity contribution in [1.29, 1.82) is 0 Å². The monoisotopic (exact) mass is 501 g/mol. The summed E-state index contributed by atoms with van der Waals surface area (Å²) >= 11 is 0. The maximum absolute atomic E-state index is 13.2. The lowest BCUT2D eigenvalue weighted by Crippen LogP contribution is -2.49. The summed E-state index contributed by atoms with van der Waals surface area (Å²) in [5, 5.41) is 7.12. The zero-order valence-electron chi connectivity index (χ0n) is 19.6. The number of benzene rings is 2. The van der Waals surface area contributed by atoms with E-state index in [4.69, 9.17) is 14.6 Å². The Morgan fingerprint density at radius 3 is 2.17 bits per heavy atom. The molecule has 1 fully saturated rings. The first-order valence-electron chi connectivity index (χ1n) is 11.3. The summed E-state index contributed by atoms with van der Waals surface area (Å²) in [6, 6.07) is 22.9. The van der Waals surface area contributed by atoms with Gasteiger partial charge in [-0.25, -0.2) is 4.79 Å². The van der Waals surface area contributed by atoms with Crippen molar-refractivity contribution in [3.8, 4) is 5.75 Å². The van der Waals surface area contributed by atoms with Crippen molar-refractivity contribution in [2.75, 3.05) is 20.2 Å². The Balaban J connectivity index is 0.000000384. The minimum absolute atomic E-state index is 0.131. The van der Waals surface area contributed by atoms with Crippen molar-refractivity contribution in [1.82, 2.24) is 14.4 Å². The van der Waals surface area contributed by atoms with E-state index in [1.165, 1.54) is 11.1 Å². The molecule has 2 aliphatic rings. The Morgan fingerprint density at radius 2 is 1.56 bits per heavy atom. The highest BCUT2D eigenvalue weighted by atomic mass is 19.4. The fraction of sp³-hybridized carbons (Fsp3) is 0.308. The highest BCUT2D eigenvalue weighted by Crippen LogP contribution is 2.35. The highest BCUT2D eigenvalue weighted by Gasteiger charge is 2.44. The zero-order chi connectivity index (χ0) is 25.9. The molecule has 5 rings (SSSR count). The number of carboxylic acids is 1. The van der Waals surface area contributed by atoms with E-state index in [1.807, 2.05) is 42.5 Å². The Bertz CT molecular complexity index is 1200. The standard InChI is InChI=1S/C24H25N3O2.C2HF3O2/c1-29-20-11-9-19(10-12-20)14-25-16-22-23(17-25)27(15-18-6-3-2-4-7-18)24(28)21-8-5-13-26(21)22;3-2(4,5)1(6)7/h2-13,22-23H,14-17H2,1H3;(H,6,7). The van der Waals surface area contributed by atoms with Crippen molar-refractivity contribution in [3.63, 3.8) is 0 Å². The number of ether oxygens (including phenoxy) is 1. The lowest BCUT2D eigenvalue weighted by Gasteiger charge is -2.38. The quantitative estimate of drug-likeness (QED) is 0.567. The third-order valence-corrected chi connectivity index (χ3v) is 6.35. The van der Waals surface area contributed by atoms with Crippen LogP contribution in [0.1, 0.15) is 27.7 Å². The first-order chi connectivity index (χ1) is 17.2. The van der Waals surface area contributed by atoms with Gasteiger partial charge in [0.1, 0.15) is 11.4 Å². The number of halogens is 3. The Morgan fingerprint density at radius 1 is 0.944 bits per heavy atom. The number of methoxy groups -OCH3 is 1. The molecule has 0 spiro atoms. The Kier molecular flexibility index (Phi) is 7.35. The number of hydrogen-bond donors (Lipinski definition) is 1. The lowest BCUT2D eigenvalue weighted by molar-refractivity contribution is -0.192. The van der Waals surface area contributed by atoms with Gasteiger partial charge in [0.15, 0.2) is 0 Å². The molecule has 7 nitrogen and oxygen atoms in total. The smallest absolute Gasteiger partial charge is 0.490 e. The number of carboxylic acid groups (broad SMARTS) is 1. The van der Waals surface area contributed by atoms with Crippen molar-refractivity contribution >= 4 is 11.9 Å². The number of carbonyl (C=O) groups excluding carboxylic acids is 1. The molecule has 10 heteroatoms. The maximum atomic E-state index is 13.2. The summed E-state index contributed by atoms with van der Waals surface area (Å²) in [6.45, 7) is 3.35. The minimum atomic E-state index is -5.08. The van der Waals surface area contributed by atoms with E-state index >= 15 is 0 Å². The number of likely N-dealkylation sites (tertiary alicyclic amines) is 1. The number of alkyl halides is 3. The molecule has 3 aromatic rings. The second kappa shape index (κ2) is 10.4. The molecule has 1 saturated heterocycles. The van der Waals surface area contributed by atoms with Crippen LogP contribution < -0.4 is 4.74 Å². The van der Waals surface area contributed by atoms with Gasteiger partial charge in [-0.05, 0) is 35.4 Å². The first-order valence-corrected chi connectivity index (χ1v) is 11.3. The maximum Gasteiger partial charge on any atom is 0.490 e. The molecule has 36 heavy (non-hydrogen) atoms. The van der Waals surface area contributed by atoms with Crippen LogP contribution in [0.25, 0.3) is 0 Å². The molecule has 0 radical (unpaired) electrons. The Hall–Kier alpha value is -3.79.